The Hall–Kier alpha value is -3.33. The fraction of sp³-hybridized carbons (Fsp3) is 0.412. The van der Waals surface area contributed by atoms with Crippen molar-refractivity contribution in [3.05, 3.63) is 22.5 Å². The highest BCUT2D eigenvalue weighted by Crippen LogP contribution is 2.47. The predicted molar refractivity (Wildman–Crippen MR) is 112 cm³/mol. The van der Waals surface area contributed by atoms with Crippen LogP contribution in [-0.2, 0) is 23.9 Å². The number of ether oxygens (including phenoxy) is 1. The van der Waals surface area contributed by atoms with Crippen molar-refractivity contribution < 1.29 is 34.2 Å². The van der Waals surface area contributed by atoms with Gasteiger partial charge in [-0.3, -0.25) is 19.3 Å². The first-order valence-corrected chi connectivity index (χ1v) is 11.2. The largest absolute Gasteiger partial charge is 0.477 e. The molecule has 3 aliphatic rings. The van der Waals surface area contributed by atoms with Gasteiger partial charge in [-0.05, 0) is 6.42 Å². The Bertz CT molecular complexity index is 1050. The number of nitrogens with two attached hydrogens (primary N) is 1. The van der Waals surface area contributed by atoms with Crippen LogP contribution in [0.4, 0.5) is 5.13 Å². The number of carbonyl (C=O) groups excluding carboxylic acids is 3. The van der Waals surface area contributed by atoms with Crippen molar-refractivity contribution in [2.45, 2.75) is 17.3 Å². The maximum absolute atomic E-state index is 13.3. The molecular formula is C17H18N6O7S2. The summed E-state index contributed by atoms with van der Waals surface area (Å²) in [6, 6.07) is 0. The number of oxime groups is 1. The number of carboxylic acid groups (broad SMARTS) is 1. The van der Waals surface area contributed by atoms with E-state index in [9.17, 15) is 29.5 Å². The number of fused-ring (bicyclic) bond motifs is 1. The van der Waals surface area contributed by atoms with Crippen molar-refractivity contribution in [1.82, 2.24) is 20.1 Å². The maximum Gasteiger partial charge on any atom is 0.354 e. The van der Waals surface area contributed by atoms with Gasteiger partial charge >= 0.3 is 5.97 Å². The van der Waals surface area contributed by atoms with Crippen molar-refractivity contribution >= 4 is 58.2 Å². The summed E-state index contributed by atoms with van der Waals surface area (Å²) in [7, 11) is 0. The number of anilines is 1. The zero-order valence-corrected chi connectivity index (χ0v) is 18.0. The summed E-state index contributed by atoms with van der Waals surface area (Å²) in [5.74, 6) is -2.69. The molecule has 4 heterocycles. The van der Waals surface area contributed by atoms with Gasteiger partial charge in [0.1, 0.15) is 17.7 Å². The molecule has 2 saturated heterocycles. The van der Waals surface area contributed by atoms with Gasteiger partial charge in [0, 0.05) is 24.2 Å². The number of carboxylic acids is 1. The van der Waals surface area contributed by atoms with E-state index in [1.165, 1.54) is 17.1 Å². The lowest BCUT2D eigenvalue weighted by Gasteiger charge is -2.57. The van der Waals surface area contributed by atoms with E-state index in [2.05, 4.69) is 15.5 Å². The third-order valence-electron chi connectivity index (χ3n) is 5.38. The molecule has 2 atom stereocenters. The second-order valence-corrected chi connectivity index (χ2v) is 9.09. The second kappa shape index (κ2) is 8.31. The number of aromatic nitrogens is 1. The van der Waals surface area contributed by atoms with E-state index in [1.807, 2.05) is 4.90 Å². The lowest BCUT2D eigenvalue weighted by Crippen LogP contribution is -2.82. The molecule has 0 radical (unpaired) electrons. The van der Waals surface area contributed by atoms with E-state index >= 15 is 0 Å². The summed E-state index contributed by atoms with van der Waals surface area (Å²) < 4.78 is 4.82. The number of carbonyl (C=O) groups is 4. The monoisotopic (exact) mass is 482 g/mol. The van der Waals surface area contributed by atoms with E-state index in [-0.39, 0.29) is 23.0 Å². The Morgan fingerprint density at radius 2 is 2.22 bits per heavy atom. The maximum atomic E-state index is 13.3. The highest BCUT2D eigenvalue weighted by atomic mass is 32.2. The van der Waals surface area contributed by atoms with Crippen molar-refractivity contribution in [2.24, 2.45) is 5.16 Å². The number of thiazole rings is 1. The van der Waals surface area contributed by atoms with Crippen LogP contribution >= 0.6 is 23.1 Å². The molecule has 1 unspecified atom stereocenters. The minimum Gasteiger partial charge on any atom is -0.477 e. The smallest absolute Gasteiger partial charge is 0.354 e. The van der Waals surface area contributed by atoms with Gasteiger partial charge < -0.3 is 31.0 Å². The lowest BCUT2D eigenvalue weighted by molar-refractivity contribution is -0.164. The Morgan fingerprint density at radius 1 is 1.47 bits per heavy atom. The summed E-state index contributed by atoms with van der Waals surface area (Å²) in [6.07, 6.45) is 0.927. The average molecular weight is 483 g/mol. The van der Waals surface area contributed by atoms with Gasteiger partial charge in [-0.1, -0.05) is 5.16 Å². The number of β-lactam (4-membered cyclic amide) rings is 1. The van der Waals surface area contributed by atoms with Crippen LogP contribution in [0, 0.1) is 0 Å². The van der Waals surface area contributed by atoms with E-state index < -0.39 is 41.0 Å². The Balaban J connectivity index is 1.65. The molecule has 0 saturated carbocycles. The number of nitrogens with zero attached hydrogens (tertiary/aromatic N) is 4. The molecule has 0 aromatic carbocycles. The van der Waals surface area contributed by atoms with Gasteiger partial charge in [-0.2, -0.15) is 0 Å². The van der Waals surface area contributed by atoms with Crippen molar-refractivity contribution in [3.63, 3.8) is 0 Å². The minimum absolute atomic E-state index is 0.00919. The van der Waals surface area contributed by atoms with Gasteiger partial charge in [0.25, 0.3) is 18.3 Å². The van der Waals surface area contributed by atoms with Crippen LogP contribution in [0.25, 0.3) is 0 Å². The molecule has 4 rings (SSSR count). The molecule has 0 spiro atoms. The van der Waals surface area contributed by atoms with Gasteiger partial charge in [0.05, 0.1) is 5.70 Å². The van der Waals surface area contributed by atoms with Crippen molar-refractivity contribution in [1.29, 1.82) is 0 Å². The van der Waals surface area contributed by atoms with Gasteiger partial charge in [0.2, 0.25) is 0 Å². The number of amides is 2. The van der Waals surface area contributed by atoms with Gasteiger partial charge in [-0.25, -0.2) is 9.78 Å². The molecule has 170 valence electrons. The van der Waals surface area contributed by atoms with Crippen molar-refractivity contribution in [2.75, 3.05) is 31.2 Å². The topological polar surface area (TPSA) is 188 Å². The SMILES string of the molecule is Nc1nc(/C(=N/O)C(=O)NC2(COC=O)C(=O)N3C(C(=O)O)=C(N4CCC4)CS[C@H]32)cs1. The van der Waals surface area contributed by atoms with Crippen molar-refractivity contribution in [3.8, 4) is 0 Å². The molecule has 2 amide bonds. The number of aliphatic carboxylic acids is 1. The van der Waals surface area contributed by atoms with E-state index in [1.54, 1.807) is 0 Å². The molecular weight excluding hydrogens is 464 g/mol. The summed E-state index contributed by atoms with van der Waals surface area (Å²) in [5, 5.41) is 25.2. The molecule has 5 N–H and O–H groups in total. The predicted octanol–water partition coefficient (Wildman–Crippen LogP) is -1.15. The molecule has 1 aromatic rings. The van der Waals surface area contributed by atoms with Crippen LogP contribution in [0.1, 0.15) is 12.1 Å². The van der Waals surface area contributed by atoms with Gasteiger partial charge in [0.15, 0.2) is 22.1 Å². The number of rotatable bonds is 8. The Labute approximate surface area is 188 Å². The Kier molecular flexibility index (Phi) is 5.68. The molecule has 1 aromatic heterocycles. The first-order chi connectivity index (χ1) is 15.3. The molecule has 3 aliphatic heterocycles. The van der Waals surface area contributed by atoms with E-state index in [0.717, 1.165) is 22.7 Å². The van der Waals surface area contributed by atoms with Crippen LogP contribution in [0.3, 0.4) is 0 Å². The zero-order chi connectivity index (χ0) is 23.0. The molecule has 2 fully saturated rings. The molecule has 32 heavy (non-hydrogen) atoms. The van der Waals surface area contributed by atoms with Crippen LogP contribution in [-0.4, -0.2) is 91.4 Å². The van der Waals surface area contributed by atoms with E-state index in [0.29, 0.717) is 24.5 Å². The number of hydrogen-bond acceptors (Lipinski definition) is 12. The Morgan fingerprint density at radius 3 is 2.75 bits per heavy atom. The first kappa shape index (κ1) is 21.9. The highest BCUT2D eigenvalue weighted by molar-refractivity contribution is 8.00. The van der Waals surface area contributed by atoms with Crippen LogP contribution in [0.2, 0.25) is 0 Å². The summed E-state index contributed by atoms with van der Waals surface area (Å²) in [5.41, 5.74) is 3.68. The summed E-state index contributed by atoms with van der Waals surface area (Å²) in [4.78, 5) is 55.9. The third kappa shape index (κ3) is 3.33. The highest BCUT2D eigenvalue weighted by Gasteiger charge is 2.66. The van der Waals surface area contributed by atoms with Crippen LogP contribution in [0.15, 0.2) is 21.9 Å². The minimum atomic E-state index is -1.75. The molecule has 15 heteroatoms. The number of thioether (sulfide) groups is 1. The molecule has 0 aliphatic carbocycles. The standard InChI is InChI=1S/C17H18N6O7S2/c18-16-19-8(4-32-16)10(21-29)12(25)20-17(6-30-7-24)14(28)23-11(13(26)27)9(5-31-15(17)23)22-2-1-3-22/h4,7,15,29H,1-3,5-6H2,(H2,18,19)(H,20,25)(H,26,27)/b21-10-/t15-,17?/m0/s1. The first-order valence-electron chi connectivity index (χ1n) is 9.32. The normalized spacial score (nSPS) is 24.9. The quantitative estimate of drug-likeness (QED) is 0.115. The summed E-state index contributed by atoms with van der Waals surface area (Å²) in [6.45, 7) is 0.989. The fourth-order valence-electron chi connectivity index (χ4n) is 3.76. The van der Waals surface area contributed by atoms with Gasteiger partial charge in [-0.15, -0.1) is 23.1 Å². The number of hydrogen-bond donors (Lipinski definition) is 4. The number of likely N-dealkylation sites (tertiary alicyclic amines) is 1. The summed E-state index contributed by atoms with van der Waals surface area (Å²) >= 11 is 2.26. The van der Waals surface area contributed by atoms with E-state index in [4.69, 9.17) is 10.5 Å². The lowest BCUT2D eigenvalue weighted by atomic mass is 9.86. The average Bonchev–Trinajstić information content (AvgIpc) is 3.15. The number of nitrogen functional groups attached to an aromatic ring is 1. The fourth-order valence-corrected chi connectivity index (χ4v) is 5.80. The third-order valence-corrected chi connectivity index (χ3v) is 7.43. The van der Waals surface area contributed by atoms with Crippen LogP contribution < -0.4 is 11.1 Å². The molecule has 13 nitrogen and oxygen atoms in total. The second-order valence-electron chi connectivity index (χ2n) is 7.13. The zero-order valence-electron chi connectivity index (χ0n) is 16.4. The molecule has 0 bridgehead atoms. The number of nitrogens with one attached hydrogen (secondary N) is 1. The van der Waals surface area contributed by atoms with Crippen LogP contribution in [0.5, 0.6) is 0 Å².